The number of benzene rings is 1. The largest absolute Gasteiger partial charge is 0.330 e. The minimum absolute atomic E-state index is 0.248. The lowest BCUT2D eigenvalue weighted by molar-refractivity contribution is 0.600. The van der Waals surface area contributed by atoms with Gasteiger partial charge < -0.3 is 10.3 Å². The molecule has 0 spiro atoms. The summed E-state index contributed by atoms with van der Waals surface area (Å²) in [6.45, 7) is 2.74. The first-order valence-electron chi connectivity index (χ1n) is 5.46. The topological polar surface area (TPSA) is 56.7 Å². The van der Waals surface area contributed by atoms with Crippen molar-refractivity contribution in [2.45, 2.75) is 19.4 Å². The van der Waals surface area contributed by atoms with Crippen LogP contribution < -0.4 is 5.73 Å². The van der Waals surface area contributed by atoms with Crippen molar-refractivity contribution < 1.29 is 0 Å². The van der Waals surface area contributed by atoms with E-state index in [0.29, 0.717) is 6.54 Å². The first kappa shape index (κ1) is 10.8. The lowest BCUT2D eigenvalue weighted by Crippen LogP contribution is -2.13. The number of hydrogen-bond acceptors (Lipinski definition) is 3. The predicted octanol–water partition coefficient (Wildman–Crippen LogP) is 1.39. The molecule has 1 unspecified atom stereocenters. The van der Waals surface area contributed by atoms with Crippen LogP contribution in [0.25, 0.3) is 0 Å². The highest BCUT2D eigenvalue weighted by Crippen LogP contribution is 2.18. The highest BCUT2D eigenvalue weighted by atomic mass is 15.3. The molecule has 4 heteroatoms. The molecule has 1 heterocycles. The normalized spacial score (nSPS) is 12.6. The maximum Gasteiger partial charge on any atom is 0.134 e. The molecule has 1 aromatic carbocycles. The molecule has 0 amide bonds. The van der Waals surface area contributed by atoms with Crippen molar-refractivity contribution in [3.63, 3.8) is 0 Å². The van der Waals surface area contributed by atoms with E-state index in [9.17, 15) is 0 Å². The van der Waals surface area contributed by atoms with Gasteiger partial charge in [0.25, 0.3) is 0 Å². The van der Waals surface area contributed by atoms with Crippen molar-refractivity contribution in [3.05, 3.63) is 48.0 Å². The van der Waals surface area contributed by atoms with E-state index in [2.05, 4.69) is 33.8 Å². The number of rotatable bonds is 4. The molecular formula is C12H16N4. The molecule has 2 aromatic rings. The molecule has 4 nitrogen and oxygen atoms in total. The fourth-order valence-corrected chi connectivity index (χ4v) is 1.79. The Balaban J connectivity index is 2.27. The summed E-state index contributed by atoms with van der Waals surface area (Å²) in [6, 6.07) is 10.6. The summed E-state index contributed by atoms with van der Waals surface area (Å²) >= 11 is 0. The van der Waals surface area contributed by atoms with Gasteiger partial charge in [-0.2, -0.15) is 0 Å². The molecule has 0 bridgehead atoms. The smallest absolute Gasteiger partial charge is 0.134 e. The standard InChI is InChI=1S/C12H16N4/c1-10(11-5-3-2-4-6-11)16-9-14-15-12(16)7-8-13/h2-6,9-10H,7-8,13H2,1H3. The van der Waals surface area contributed by atoms with Crippen molar-refractivity contribution >= 4 is 0 Å². The van der Waals surface area contributed by atoms with Crippen LogP contribution in [0.15, 0.2) is 36.7 Å². The highest BCUT2D eigenvalue weighted by Gasteiger charge is 2.11. The zero-order chi connectivity index (χ0) is 11.4. The lowest BCUT2D eigenvalue weighted by atomic mass is 10.1. The first-order chi connectivity index (χ1) is 7.83. The van der Waals surface area contributed by atoms with Gasteiger partial charge in [0.1, 0.15) is 12.2 Å². The number of aromatic nitrogens is 3. The van der Waals surface area contributed by atoms with Crippen LogP contribution >= 0.6 is 0 Å². The Morgan fingerprint density at radius 2 is 2.06 bits per heavy atom. The molecule has 0 saturated carbocycles. The number of nitrogens with two attached hydrogens (primary N) is 1. The van der Waals surface area contributed by atoms with Crippen LogP contribution in [-0.4, -0.2) is 21.3 Å². The van der Waals surface area contributed by atoms with Crippen molar-refractivity contribution in [2.24, 2.45) is 5.73 Å². The van der Waals surface area contributed by atoms with E-state index in [1.54, 1.807) is 6.33 Å². The second-order valence-electron chi connectivity index (χ2n) is 3.78. The summed E-state index contributed by atoms with van der Waals surface area (Å²) in [4.78, 5) is 0. The summed E-state index contributed by atoms with van der Waals surface area (Å²) < 4.78 is 2.07. The van der Waals surface area contributed by atoms with E-state index >= 15 is 0 Å². The van der Waals surface area contributed by atoms with Gasteiger partial charge in [0.2, 0.25) is 0 Å². The highest BCUT2D eigenvalue weighted by molar-refractivity contribution is 5.19. The average Bonchev–Trinajstić information content (AvgIpc) is 2.78. The van der Waals surface area contributed by atoms with Gasteiger partial charge in [-0.25, -0.2) is 0 Å². The third kappa shape index (κ3) is 2.12. The monoisotopic (exact) mass is 216 g/mol. The second kappa shape index (κ2) is 4.90. The van der Waals surface area contributed by atoms with Crippen LogP contribution in [0.3, 0.4) is 0 Å². The number of hydrogen-bond donors (Lipinski definition) is 1. The Morgan fingerprint density at radius 3 is 2.75 bits per heavy atom. The van der Waals surface area contributed by atoms with E-state index < -0.39 is 0 Å². The van der Waals surface area contributed by atoms with Gasteiger partial charge in [-0.3, -0.25) is 0 Å². The van der Waals surface area contributed by atoms with E-state index in [-0.39, 0.29) is 6.04 Å². The third-order valence-electron chi connectivity index (χ3n) is 2.71. The molecular weight excluding hydrogens is 200 g/mol. The second-order valence-corrected chi connectivity index (χ2v) is 3.78. The molecule has 16 heavy (non-hydrogen) atoms. The molecule has 2 N–H and O–H groups in total. The molecule has 1 aromatic heterocycles. The van der Waals surface area contributed by atoms with Crippen LogP contribution in [0.4, 0.5) is 0 Å². The average molecular weight is 216 g/mol. The Hall–Kier alpha value is -1.68. The van der Waals surface area contributed by atoms with Crippen molar-refractivity contribution in [3.8, 4) is 0 Å². The zero-order valence-corrected chi connectivity index (χ0v) is 9.37. The fraction of sp³-hybridized carbons (Fsp3) is 0.333. The summed E-state index contributed by atoms with van der Waals surface area (Å²) in [5.41, 5.74) is 6.80. The molecule has 0 saturated heterocycles. The SMILES string of the molecule is CC(c1ccccc1)n1cnnc1CCN. The minimum atomic E-state index is 0.248. The maximum atomic E-state index is 5.55. The number of nitrogens with zero attached hydrogens (tertiary/aromatic N) is 3. The van der Waals surface area contributed by atoms with Crippen LogP contribution in [0.5, 0.6) is 0 Å². The molecule has 84 valence electrons. The van der Waals surface area contributed by atoms with Crippen molar-refractivity contribution in [2.75, 3.05) is 6.54 Å². The maximum absolute atomic E-state index is 5.55. The van der Waals surface area contributed by atoms with Gasteiger partial charge in [-0.05, 0) is 19.0 Å². The summed E-state index contributed by atoms with van der Waals surface area (Å²) in [7, 11) is 0. The van der Waals surface area contributed by atoms with E-state index in [1.165, 1.54) is 5.56 Å². The minimum Gasteiger partial charge on any atom is -0.330 e. The van der Waals surface area contributed by atoms with E-state index in [1.807, 2.05) is 18.2 Å². The molecule has 0 aliphatic carbocycles. The predicted molar refractivity (Wildman–Crippen MR) is 63.0 cm³/mol. The Labute approximate surface area is 95.1 Å². The molecule has 1 atom stereocenters. The van der Waals surface area contributed by atoms with Gasteiger partial charge >= 0.3 is 0 Å². The van der Waals surface area contributed by atoms with Gasteiger partial charge in [0.05, 0.1) is 6.04 Å². The van der Waals surface area contributed by atoms with E-state index in [4.69, 9.17) is 5.73 Å². The van der Waals surface area contributed by atoms with Crippen molar-refractivity contribution in [1.29, 1.82) is 0 Å². The van der Waals surface area contributed by atoms with Gasteiger partial charge in [0.15, 0.2) is 0 Å². The van der Waals surface area contributed by atoms with Crippen LogP contribution in [-0.2, 0) is 6.42 Å². The molecule has 0 aliphatic rings. The molecule has 0 fully saturated rings. The quantitative estimate of drug-likeness (QED) is 0.840. The summed E-state index contributed by atoms with van der Waals surface area (Å²) in [6.07, 6.45) is 2.53. The third-order valence-corrected chi connectivity index (χ3v) is 2.71. The lowest BCUT2D eigenvalue weighted by Gasteiger charge is -2.15. The fourth-order valence-electron chi connectivity index (χ4n) is 1.79. The van der Waals surface area contributed by atoms with E-state index in [0.717, 1.165) is 12.2 Å². The molecule has 2 rings (SSSR count). The molecule has 0 radical (unpaired) electrons. The Morgan fingerprint density at radius 1 is 1.31 bits per heavy atom. The molecule has 0 aliphatic heterocycles. The summed E-state index contributed by atoms with van der Waals surface area (Å²) in [5.74, 6) is 0.943. The Kier molecular flexibility index (Phi) is 3.31. The van der Waals surface area contributed by atoms with Crippen LogP contribution in [0, 0.1) is 0 Å². The van der Waals surface area contributed by atoms with Gasteiger partial charge in [-0.1, -0.05) is 30.3 Å². The van der Waals surface area contributed by atoms with Gasteiger partial charge in [-0.15, -0.1) is 10.2 Å². The van der Waals surface area contributed by atoms with Crippen LogP contribution in [0.2, 0.25) is 0 Å². The summed E-state index contributed by atoms with van der Waals surface area (Å²) in [5, 5.41) is 8.03. The van der Waals surface area contributed by atoms with Gasteiger partial charge in [0, 0.05) is 6.42 Å². The zero-order valence-electron chi connectivity index (χ0n) is 9.37. The Bertz CT molecular complexity index is 435. The first-order valence-corrected chi connectivity index (χ1v) is 5.46. The van der Waals surface area contributed by atoms with Crippen LogP contribution in [0.1, 0.15) is 24.4 Å². The van der Waals surface area contributed by atoms with Crippen molar-refractivity contribution in [1.82, 2.24) is 14.8 Å².